The molecule has 2 rings (SSSR count). The number of methoxy groups -OCH3 is 2. The zero-order chi connectivity index (χ0) is 22.3. The molecule has 2 N–H and O–H groups in total. The molecule has 30 heavy (non-hydrogen) atoms. The number of amides is 1. The van der Waals surface area contributed by atoms with E-state index in [1.54, 1.807) is 18.2 Å². The van der Waals surface area contributed by atoms with Gasteiger partial charge in [0.25, 0.3) is 5.91 Å². The van der Waals surface area contributed by atoms with Crippen LogP contribution in [0.2, 0.25) is 0 Å². The number of aromatic nitrogens is 2. The van der Waals surface area contributed by atoms with Gasteiger partial charge >= 0.3 is 6.18 Å². The Kier molecular flexibility index (Phi) is 7.21. The average molecular weight is 420 g/mol. The van der Waals surface area contributed by atoms with Crippen molar-refractivity contribution in [2.45, 2.75) is 6.18 Å². The Morgan fingerprint density at radius 2 is 1.93 bits per heavy atom. The maximum absolute atomic E-state index is 12.6. The zero-order valence-corrected chi connectivity index (χ0v) is 16.5. The number of ether oxygens (including phenoxy) is 2. The zero-order valence-electron chi connectivity index (χ0n) is 16.5. The maximum atomic E-state index is 12.6. The largest absolute Gasteiger partial charge is 0.493 e. The molecule has 0 fully saturated rings. The molecule has 7 nitrogen and oxygen atoms in total. The number of terminal acetylenes is 1. The highest BCUT2D eigenvalue weighted by molar-refractivity contribution is 5.97. The number of carbonyl (C=O) groups is 1. The monoisotopic (exact) mass is 420 g/mol. The third kappa shape index (κ3) is 5.61. The van der Waals surface area contributed by atoms with Crippen LogP contribution in [0.3, 0.4) is 0 Å². The molecule has 0 saturated carbocycles. The van der Waals surface area contributed by atoms with Crippen LogP contribution in [0.4, 0.5) is 19.0 Å². The fourth-order valence-corrected chi connectivity index (χ4v) is 2.43. The first-order chi connectivity index (χ1) is 14.2. The molecule has 10 heteroatoms. The Morgan fingerprint density at radius 1 is 1.23 bits per heavy atom. The Balaban J connectivity index is 2.42. The normalized spacial score (nSPS) is 10.4. The smallest absolute Gasteiger partial charge is 0.405 e. The summed E-state index contributed by atoms with van der Waals surface area (Å²) in [6.45, 7) is -1.45. The number of hydrogen-bond acceptors (Lipinski definition) is 5. The van der Waals surface area contributed by atoms with Gasteiger partial charge in [-0.25, -0.2) is 4.98 Å². The van der Waals surface area contributed by atoms with Crippen LogP contribution in [-0.2, 0) is 7.05 Å². The Labute approximate surface area is 171 Å². The number of imidazole rings is 1. The number of benzene rings is 1. The van der Waals surface area contributed by atoms with Gasteiger partial charge in [-0.15, -0.1) is 6.42 Å². The molecule has 158 valence electrons. The number of nitrogens with one attached hydrogen (secondary N) is 2. The molecule has 0 unspecified atom stereocenters. The molecule has 0 saturated heterocycles. The van der Waals surface area contributed by atoms with E-state index in [2.05, 4.69) is 33.4 Å². The predicted molar refractivity (Wildman–Crippen MR) is 104 cm³/mol. The molecule has 1 heterocycles. The number of hydrogen-bond donors (Lipinski definition) is 2. The van der Waals surface area contributed by atoms with E-state index in [0.717, 1.165) is 0 Å². The van der Waals surface area contributed by atoms with Gasteiger partial charge in [0.2, 0.25) is 0 Å². The van der Waals surface area contributed by atoms with Gasteiger partial charge in [0, 0.05) is 12.6 Å². The van der Waals surface area contributed by atoms with Gasteiger partial charge < -0.3 is 24.7 Å². The molecule has 1 amide bonds. The summed E-state index contributed by atoms with van der Waals surface area (Å²) in [4.78, 5) is 16.4. The minimum absolute atomic E-state index is 0.0836. The van der Waals surface area contributed by atoms with Crippen molar-refractivity contribution >= 4 is 11.7 Å². The van der Waals surface area contributed by atoms with E-state index in [4.69, 9.17) is 15.9 Å². The first-order valence-corrected chi connectivity index (χ1v) is 8.53. The van der Waals surface area contributed by atoms with E-state index < -0.39 is 18.6 Å². The molecule has 0 aliphatic carbocycles. The lowest BCUT2D eigenvalue weighted by molar-refractivity contribution is -0.115. The second kappa shape index (κ2) is 9.61. The number of rotatable bonds is 6. The minimum atomic E-state index is -4.49. The standard InChI is InChI=1S/C20H19F3N4O3/c1-5-10-24-19(28)17-18(25-12-20(21,22)23)26-16(27(17)2)9-7-13-6-8-14(29-3)15(11-13)30-4/h1,6,8,11,25H,10,12H2,2-4H3,(H,24,28). The van der Waals surface area contributed by atoms with Gasteiger partial charge in [-0.1, -0.05) is 11.8 Å². The first kappa shape index (κ1) is 22.5. The van der Waals surface area contributed by atoms with Crippen molar-refractivity contribution in [3.63, 3.8) is 0 Å². The molecule has 0 aliphatic rings. The topological polar surface area (TPSA) is 77.4 Å². The molecule has 2 aromatic rings. The lowest BCUT2D eigenvalue weighted by atomic mass is 10.2. The molecule has 1 aromatic heterocycles. The minimum Gasteiger partial charge on any atom is -0.493 e. The van der Waals surface area contributed by atoms with Crippen molar-refractivity contribution < 1.29 is 27.4 Å². The summed E-state index contributed by atoms with van der Waals surface area (Å²) in [6.07, 6.45) is 0.625. The van der Waals surface area contributed by atoms with Crippen LogP contribution in [0.1, 0.15) is 21.9 Å². The lowest BCUT2D eigenvalue weighted by Crippen LogP contribution is -2.28. The predicted octanol–water partition coefficient (Wildman–Crippen LogP) is 2.17. The summed E-state index contributed by atoms with van der Waals surface area (Å²) in [5.74, 6) is 7.96. The van der Waals surface area contributed by atoms with Gasteiger partial charge in [-0.05, 0) is 24.1 Å². The third-order valence-corrected chi connectivity index (χ3v) is 3.82. The number of carbonyl (C=O) groups excluding carboxylic acids is 1. The van der Waals surface area contributed by atoms with Gasteiger partial charge in [0.05, 0.1) is 20.8 Å². The Bertz CT molecular complexity index is 1030. The Morgan fingerprint density at radius 3 is 2.53 bits per heavy atom. The van der Waals surface area contributed by atoms with Crippen LogP contribution in [0, 0.1) is 24.2 Å². The number of anilines is 1. The summed E-state index contributed by atoms with van der Waals surface area (Å²) in [5.41, 5.74) is 0.435. The summed E-state index contributed by atoms with van der Waals surface area (Å²) in [6, 6.07) is 4.98. The summed E-state index contributed by atoms with van der Waals surface area (Å²) in [5, 5.41) is 4.54. The van der Waals surface area contributed by atoms with E-state index in [9.17, 15) is 18.0 Å². The van der Waals surface area contributed by atoms with Gasteiger partial charge in [-0.3, -0.25) is 4.79 Å². The van der Waals surface area contributed by atoms with E-state index >= 15 is 0 Å². The van der Waals surface area contributed by atoms with Crippen LogP contribution in [0.5, 0.6) is 11.5 Å². The highest BCUT2D eigenvalue weighted by Crippen LogP contribution is 2.27. The summed E-state index contributed by atoms with van der Waals surface area (Å²) >= 11 is 0. The van der Waals surface area contributed by atoms with Gasteiger partial charge in [0.1, 0.15) is 6.54 Å². The average Bonchev–Trinajstić information content (AvgIpc) is 3.03. The van der Waals surface area contributed by atoms with Crippen LogP contribution < -0.4 is 20.1 Å². The molecule has 0 spiro atoms. The van der Waals surface area contributed by atoms with Crippen molar-refractivity contribution in [1.82, 2.24) is 14.9 Å². The van der Waals surface area contributed by atoms with Crippen LogP contribution in [-0.4, -0.2) is 48.9 Å². The molecule has 0 aliphatic heterocycles. The van der Waals surface area contributed by atoms with Crippen LogP contribution >= 0.6 is 0 Å². The van der Waals surface area contributed by atoms with Crippen LogP contribution in [0.25, 0.3) is 0 Å². The van der Waals surface area contributed by atoms with Gasteiger partial charge in [-0.2, -0.15) is 13.2 Å². The molecule has 0 atom stereocenters. The van der Waals surface area contributed by atoms with Gasteiger partial charge in [0.15, 0.2) is 28.8 Å². The number of alkyl halides is 3. The summed E-state index contributed by atoms with van der Waals surface area (Å²) < 4.78 is 49.5. The van der Waals surface area contributed by atoms with Crippen molar-refractivity contribution in [2.24, 2.45) is 7.05 Å². The second-order valence-corrected chi connectivity index (χ2v) is 5.87. The summed E-state index contributed by atoms with van der Waals surface area (Å²) in [7, 11) is 4.45. The number of halogens is 3. The SMILES string of the molecule is C#CCNC(=O)c1c(NCC(F)(F)F)nc(C#Cc2ccc(OC)c(OC)c2)n1C. The van der Waals surface area contributed by atoms with Crippen LogP contribution in [0.15, 0.2) is 18.2 Å². The molecular weight excluding hydrogens is 401 g/mol. The first-order valence-electron chi connectivity index (χ1n) is 8.53. The highest BCUT2D eigenvalue weighted by Gasteiger charge is 2.29. The fourth-order valence-electron chi connectivity index (χ4n) is 2.43. The molecular formula is C20H19F3N4O3. The number of nitrogens with zero attached hydrogens (tertiary/aromatic N) is 2. The Hall–Kier alpha value is -3.79. The van der Waals surface area contributed by atoms with Crippen molar-refractivity contribution in [2.75, 3.05) is 32.6 Å². The van der Waals surface area contributed by atoms with E-state index in [1.807, 2.05) is 0 Å². The molecule has 0 radical (unpaired) electrons. The van der Waals surface area contributed by atoms with Crippen molar-refractivity contribution in [3.8, 4) is 35.7 Å². The third-order valence-electron chi connectivity index (χ3n) is 3.82. The van der Waals surface area contributed by atoms with Crippen molar-refractivity contribution in [1.29, 1.82) is 0 Å². The van der Waals surface area contributed by atoms with E-state index in [0.29, 0.717) is 17.1 Å². The van der Waals surface area contributed by atoms with E-state index in [1.165, 1.54) is 25.8 Å². The second-order valence-electron chi connectivity index (χ2n) is 5.87. The quantitative estimate of drug-likeness (QED) is 0.701. The molecule has 0 bridgehead atoms. The highest BCUT2D eigenvalue weighted by atomic mass is 19.4. The van der Waals surface area contributed by atoms with Crippen molar-refractivity contribution in [3.05, 3.63) is 35.3 Å². The fraction of sp³-hybridized carbons (Fsp3) is 0.300. The maximum Gasteiger partial charge on any atom is 0.405 e. The lowest BCUT2D eigenvalue weighted by Gasteiger charge is -2.09. The molecule has 1 aromatic carbocycles. The van der Waals surface area contributed by atoms with E-state index in [-0.39, 0.29) is 23.9 Å².